The van der Waals surface area contributed by atoms with Crippen LogP contribution in [-0.2, 0) is 16.6 Å². The van der Waals surface area contributed by atoms with E-state index < -0.39 is 15.8 Å². The summed E-state index contributed by atoms with van der Waals surface area (Å²) in [5.74, 6) is -0.430. The van der Waals surface area contributed by atoms with E-state index in [1.54, 1.807) is 40.5 Å². The molecule has 0 atom stereocenters. The fraction of sp³-hybridized carbons (Fsp3) is 0.273. The molecule has 0 saturated carbocycles. The van der Waals surface area contributed by atoms with Gasteiger partial charge >= 0.3 is 0 Å². The third kappa shape index (κ3) is 4.82. The van der Waals surface area contributed by atoms with Crippen LogP contribution in [-0.4, -0.2) is 54.7 Å². The van der Waals surface area contributed by atoms with Gasteiger partial charge in [0.15, 0.2) is 0 Å². The van der Waals surface area contributed by atoms with Gasteiger partial charge in [-0.25, -0.2) is 17.8 Å². The first kappa shape index (κ1) is 22.4. The lowest BCUT2D eigenvalue weighted by atomic mass is 10.1. The third-order valence-corrected chi connectivity index (χ3v) is 7.87. The second-order valence-corrected chi connectivity index (χ2v) is 10.3. The van der Waals surface area contributed by atoms with Crippen molar-refractivity contribution in [3.8, 4) is 5.75 Å². The summed E-state index contributed by atoms with van der Waals surface area (Å²) in [5.41, 5.74) is 1.29. The summed E-state index contributed by atoms with van der Waals surface area (Å²) in [7, 11) is -3.95. The number of nitrogens with zero attached hydrogens (tertiary/aromatic N) is 3. The maximum Gasteiger partial charge on any atom is 0.254 e. The van der Waals surface area contributed by atoms with Crippen molar-refractivity contribution in [2.75, 3.05) is 26.2 Å². The number of hydrogen-bond donors (Lipinski definition) is 0. The minimum atomic E-state index is -3.95. The Morgan fingerprint density at radius 2 is 1.88 bits per heavy atom. The summed E-state index contributed by atoms with van der Waals surface area (Å²) < 4.78 is 46.5. The van der Waals surface area contributed by atoms with Crippen molar-refractivity contribution in [2.24, 2.45) is 0 Å². The number of thiazole rings is 1. The maximum atomic E-state index is 14.0. The number of carbonyl (C=O) groups excluding carboxylic acids is 1. The molecular formula is C22H22FN3O4S2. The van der Waals surface area contributed by atoms with E-state index in [0.29, 0.717) is 17.9 Å². The van der Waals surface area contributed by atoms with Gasteiger partial charge in [0.2, 0.25) is 10.0 Å². The topological polar surface area (TPSA) is 79.8 Å². The van der Waals surface area contributed by atoms with Crippen LogP contribution >= 0.6 is 11.3 Å². The summed E-state index contributed by atoms with van der Waals surface area (Å²) >= 11 is 1.55. The van der Waals surface area contributed by atoms with E-state index in [4.69, 9.17) is 4.74 Å². The Morgan fingerprint density at radius 3 is 2.56 bits per heavy atom. The molecule has 4 rings (SSSR count). The number of carbonyl (C=O) groups is 1. The molecule has 1 saturated heterocycles. The SMILES string of the molecule is Cc1nc(COc2cccc(C(=O)N3CCN(S(=O)(=O)c4ccccc4F)CC3)c2)cs1. The minimum absolute atomic E-state index is 0.0990. The zero-order chi connectivity index (χ0) is 22.7. The van der Waals surface area contributed by atoms with Gasteiger partial charge in [-0.3, -0.25) is 4.79 Å². The van der Waals surface area contributed by atoms with Crippen LogP contribution in [0.1, 0.15) is 21.1 Å². The number of aryl methyl sites for hydroxylation is 1. The molecule has 0 N–H and O–H groups in total. The van der Waals surface area contributed by atoms with E-state index in [-0.39, 0.29) is 37.0 Å². The minimum Gasteiger partial charge on any atom is -0.487 e. The van der Waals surface area contributed by atoms with Gasteiger partial charge in [-0.2, -0.15) is 4.31 Å². The number of piperazine rings is 1. The van der Waals surface area contributed by atoms with E-state index in [9.17, 15) is 17.6 Å². The Bertz CT molecular complexity index is 1220. The van der Waals surface area contributed by atoms with Gasteiger partial charge in [-0.15, -0.1) is 11.3 Å². The van der Waals surface area contributed by atoms with Crippen LogP contribution in [0.25, 0.3) is 0 Å². The Kier molecular flexibility index (Phi) is 6.54. The van der Waals surface area contributed by atoms with Crippen molar-refractivity contribution in [2.45, 2.75) is 18.4 Å². The summed E-state index contributed by atoms with van der Waals surface area (Å²) in [4.78, 5) is 18.5. The van der Waals surface area contributed by atoms with Gasteiger partial charge in [0.05, 0.1) is 10.7 Å². The van der Waals surface area contributed by atoms with Crippen molar-refractivity contribution in [1.29, 1.82) is 0 Å². The normalized spacial score (nSPS) is 15.0. The predicted molar refractivity (Wildman–Crippen MR) is 119 cm³/mol. The lowest BCUT2D eigenvalue weighted by Gasteiger charge is -2.34. The Balaban J connectivity index is 1.39. The number of ether oxygens (including phenoxy) is 1. The summed E-state index contributed by atoms with van der Waals surface area (Å²) in [5, 5.41) is 2.89. The Morgan fingerprint density at radius 1 is 1.12 bits per heavy atom. The fourth-order valence-electron chi connectivity index (χ4n) is 3.46. The molecule has 168 valence electrons. The second-order valence-electron chi connectivity index (χ2n) is 7.30. The summed E-state index contributed by atoms with van der Waals surface area (Å²) in [6, 6.07) is 12.2. The molecule has 2 heterocycles. The van der Waals surface area contributed by atoms with Crippen molar-refractivity contribution < 1.29 is 22.3 Å². The van der Waals surface area contributed by atoms with Crippen LogP contribution in [0.4, 0.5) is 4.39 Å². The van der Waals surface area contributed by atoms with Crippen LogP contribution in [0.2, 0.25) is 0 Å². The molecule has 1 aromatic heterocycles. The quantitative estimate of drug-likeness (QED) is 0.547. The molecule has 0 bridgehead atoms. The summed E-state index contributed by atoms with van der Waals surface area (Å²) in [6.45, 7) is 2.87. The van der Waals surface area contributed by atoms with Crippen LogP contribution in [0.15, 0.2) is 58.8 Å². The molecular weight excluding hydrogens is 453 g/mol. The second kappa shape index (κ2) is 9.35. The van der Waals surface area contributed by atoms with E-state index >= 15 is 0 Å². The number of hydrogen-bond acceptors (Lipinski definition) is 6. The highest BCUT2D eigenvalue weighted by molar-refractivity contribution is 7.89. The first-order chi connectivity index (χ1) is 15.3. The van der Waals surface area contributed by atoms with Gasteiger partial charge < -0.3 is 9.64 Å². The standard InChI is InChI=1S/C22H22FN3O4S2/c1-16-24-18(15-31-16)14-30-19-6-4-5-17(13-19)22(27)25-9-11-26(12-10-25)32(28,29)21-8-3-2-7-20(21)23/h2-8,13,15H,9-12,14H2,1H3. The van der Waals surface area contributed by atoms with Crippen molar-refractivity contribution in [1.82, 2.24) is 14.2 Å². The molecule has 0 spiro atoms. The van der Waals surface area contributed by atoms with Gasteiger partial charge in [-0.1, -0.05) is 18.2 Å². The number of benzene rings is 2. The van der Waals surface area contributed by atoms with Crippen LogP contribution in [0.5, 0.6) is 5.75 Å². The number of rotatable bonds is 6. The van der Waals surface area contributed by atoms with Crippen molar-refractivity contribution in [3.05, 3.63) is 76.0 Å². The average molecular weight is 476 g/mol. The highest BCUT2D eigenvalue weighted by Gasteiger charge is 2.32. The lowest BCUT2D eigenvalue weighted by molar-refractivity contribution is 0.0697. The highest BCUT2D eigenvalue weighted by atomic mass is 32.2. The smallest absolute Gasteiger partial charge is 0.254 e. The lowest BCUT2D eigenvalue weighted by Crippen LogP contribution is -2.50. The number of halogens is 1. The zero-order valence-electron chi connectivity index (χ0n) is 17.4. The van der Waals surface area contributed by atoms with Crippen molar-refractivity contribution in [3.63, 3.8) is 0 Å². The molecule has 3 aromatic rings. The van der Waals surface area contributed by atoms with Gasteiger partial charge in [0, 0.05) is 37.1 Å². The molecule has 32 heavy (non-hydrogen) atoms. The van der Waals surface area contributed by atoms with Crippen molar-refractivity contribution >= 4 is 27.3 Å². The van der Waals surface area contributed by atoms with E-state index in [2.05, 4.69) is 4.98 Å². The molecule has 7 nitrogen and oxygen atoms in total. The summed E-state index contributed by atoms with van der Waals surface area (Å²) in [6.07, 6.45) is 0. The molecule has 1 amide bonds. The first-order valence-corrected chi connectivity index (χ1v) is 12.3. The largest absolute Gasteiger partial charge is 0.487 e. The monoisotopic (exact) mass is 475 g/mol. The van der Waals surface area contributed by atoms with Gasteiger partial charge in [0.25, 0.3) is 5.91 Å². The maximum absolute atomic E-state index is 14.0. The van der Waals surface area contributed by atoms with E-state index in [0.717, 1.165) is 16.8 Å². The Hall–Kier alpha value is -2.82. The molecule has 10 heteroatoms. The highest BCUT2D eigenvalue weighted by Crippen LogP contribution is 2.22. The molecule has 0 unspecified atom stereocenters. The molecule has 1 aliphatic heterocycles. The van der Waals surface area contributed by atoms with Crippen LogP contribution < -0.4 is 4.74 Å². The molecule has 1 fully saturated rings. The van der Waals surface area contributed by atoms with Gasteiger partial charge in [0.1, 0.15) is 23.1 Å². The third-order valence-electron chi connectivity index (χ3n) is 5.11. The number of aromatic nitrogens is 1. The van der Waals surface area contributed by atoms with E-state index in [1.807, 2.05) is 12.3 Å². The predicted octanol–water partition coefficient (Wildman–Crippen LogP) is 3.32. The molecule has 2 aromatic carbocycles. The van der Waals surface area contributed by atoms with E-state index in [1.165, 1.54) is 22.5 Å². The first-order valence-electron chi connectivity index (χ1n) is 10.0. The number of sulfonamides is 1. The molecule has 1 aliphatic rings. The van der Waals surface area contributed by atoms with Gasteiger partial charge in [-0.05, 0) is 37.3 Å². The Labute approximate surface area is 190 Å². The zero-order valence-corrected chi connectivity index (χ0v) is 19.0. The fourth-order valence-corrected chi connectivity index (χ4v) is 5.54. The molecule has 0 aliphatic carbocycles. The van der Waals surface area contributed by atoms with Crippen LogP contribution in [0.3, 0.4) is 0 Å². The average Bonchev–Trinajstić information content (AvgIpc) is 3.23. The number of amides is 1. The van der Waals surface area contributed by atoms with Crippen LogP contribution in [0, 0.1) is 12.7 Å². The molecule has 0 radical (unpaired) electrons.